The molecule has 1 nitrogen and oxygen atoms in total. The molecule has 0 bridgehead atoms. The van der Waals surface area contributed by atoms with Crippen LogP contribution in [0.2, 0.25) is 0 Å². The summed E-state index contributed by atoms with van der Waals surface area (Å²) in [7, 11) is 0. The third-order valence-corrected chi connectivity index (χ3v) is 1.46. The first kappa shape index (κ1) is 10.8. The Labute approximate surface area is 75.2 Å². The zero-order valence-corrected chi connectivity index (χ0v) is 8.09. The Morgan fingerprint density at radius 2 is 2.00 bits per heavy atom. The van der Waals surface area contributed by atoms with Gasteiger partial charge in [-0.15, -0.1) is 0 Å². The van der Waals surface area contributed by atoms with Crippen molar-refractivity contribution in [2.75, 3.05) is 0 Å². The summed E-state index contributed by atoms with van der Waals surface area (Å²) in [5.41, 5.74) is 2.15. The molecule has 12 heavy (non-hydrogen) atoms. The standard InChI is InChI=1S/C11H17N/c1-5-8-9-11(7-3)12-10(4)6-2/h5-9,12H,3H2,1-2,4H3/b8-5-,10-6-,11-9+. The summed E-state index contributed by atoms with van der Waals surface area (Å²) in [6.07, 6.45) is 9.77. The van der Waals surface area contributed by atoms with Crippen molar-refractivity contribution in [3.8, 4) is 0 Å². The highest BCUT2D eigenvalue weighted by Crippen LogP contribution is 1.96. The molecule has 0 heterocycles. The van der Waals surface area contributed by atoms with Crippen LogP contribution in [0.15, 0.2) is 48.4 Å². The summed E-state index contributed by atoms with van der Waals surface area (Å²) in [5.74, 6) is 0. The predicted molar refractivity (Wildman–Crippen MR) is 55.7 cm³/mol. The lowest BCUT2D eigenvalue weighted by Gasteiger charge is -2.05. The summed E-state index contributed by atoms with van der Waals surface area (Å²) < 4.78 is 0. The normalized spacial score (nSPS) is 13.6. The van der Waals surface area contributed by atoms with E-state index in [9.17, 15) is 0 Å². The molecule has 0 fully saturated rings. The predicted octanol–water partition coefficient (Wildman–Crippen LogP) is 3.15. The number of nitrogens with one attached hydrogen (secondary N) is 1. The average molecular weight is 163 g/mol. The van der Waals surface area contributed by atoms with E-state index in [2.05, 4.69) is 11.9 Å². The lowest BCUT2D eigenvalue weighted by Crippen LogP contribution is -2.07. The van der Waals surface area contributed by atoms with Crippen LogP contribution in [-0.2, 0) is 0 Å². The first-order valence-electron chi connectivity index (χ1n) is 4.10. The second-order valence-corrected chi connectivity index (χ2v) is 2.45. The number of rotatable bonds is 4. The number of hydrogen-bond donors (Lipinski definition) is 1. The highest BCUT2D eigenvalue weighted by atomic mass is 14.9. The first-order chi connectivity index (χ1) is 5.74. The van der Waals surface area contributed by atoms with Crippen molar-refractivity contribution in [3.63, 3.8) is 0 Å². The Kier molecular flexibility index (Phi) is 5.80. The van der Waals surface area contributed by atoms with Gasteiger partial charge in [0.2, 0.25) is 0 Å². The molecule has 1 heteroatoms. The van der Waals surface area contributed by atoms with E-state index in [1.165, 1.54) is 0 Å². The molecule has 0 aromatic rings. The molecule has 0 saturated carbocycles. The van der Waals surface area contributed by atoms with Gasteiger partial charge >= 0.3 is 0 Å². The summed E-state index contributed by atoms with van der Waals surface area (Å²) in [6.45, 7) is 9.71. The van der Waals surface area contributed by atoms with Gasteiger partial charge in [-0.05, 0) is 32.9 Å². The van der Waals surface area contributed by atoms with E-state index in [1.54, 1.807) is 6.08 Å². The van der Waals surface area contributed by atoms with Crippen LogP contribution < -0.4 is 5.32 Å². The zero-order chi connectivity index (χ0) is 9.40. The fraction of sp³-hybridized carbons (Fsp3) is 0.273. The maximum atomic E-state index is 3.71. The quantitative estimate of drug-likeness (QED) is 0.628. The third kappa shape index (κ3) is 4.56. The molecule has 0 aliphatic heterocycles. The van der Waals surface area contributed by atoms with Gasteiger partial charge in [-0.25, -0.2) is 0 Å². The minimum Gasteiger partial charge on any atom is -0.359 e. The molecule has 0 rings (SSSR count). The van der Waals surface area contributed by atoms with Crippen LogP contribution in [0.4, 0.5) is 0 Å². The minimum absolute atomic E-state index is 1.02. The van der Waals surface area contributed by atoms with Gasteiger partial charge in [0.25, 0.3) is 0 Å². The Bertz CT molecular complexity index is 219. The molecule has 0 amide bonds. The van der Waals surface area contributed by atoms with Crippen LogP contribution in [0.1, 0.15) is 20.8 Å². The van der Waals surface area contributed by atoms with Crippen molar-refractivity contribution >= 4 is 0 Å². The number of hydrogen-bond acceptors (Lipinski definition) is 1. The summed E-state index contributed by atoms with van der Waals surface area (Å²) in [4.78, 5) is 0. The molecule has 0 spiro atoms. The summed E-state index contributed by atoms with van der Waals surface area (Å²) in [6, 6.07) is 0. The van der Waals surface area contributed by atoms with Crippen LogP contribution in [0.25, 0.3) is 0 Å². The Morgan fingerprint density at radius 1 is 1.33 bits per heavy atom. The largest absolute Gasteiger partial charge is 0.359 e. The summed E-state index contributed by atoms with van der Waals surface area (Å²) >= 11 is 0. The average Bonchev–Trinajstić information content (AvgIpc) is 2.11. The molecule has 0 atom stereocenters. The molecule has 66 valence electrons. The van der Waals surface area contributed by atoms with E-state index in [1.807, 2.05) is 45.1 Å². The van der Waals surface area contributed by atoms with Crippen molar-refractivity contribution in [3.05, 3.63) is 48.4 Å². The minimum atomic E-state index is 1.02. The zero-order valence-electron chi connectivity index (χ0n) is 8.09. The van der Waals surface area contributed by atoms with Crippen LogP contribution in [-0.4, -0.2) is 0 Å². The molecular formula is C11H17N. The Balaban J connectivity index is 4.27. The van der Waals surface area contributed by atoms with Gasteiger partial charge < -0.3 is 5.32 Å². The van der Waals surface area contributed by atoms with Gasteiger partial charge in [0.1, 0.15) is 0 Å². The SMILES string of the molecule is C=C/C(=C\C=C/C)N/C(C)=C\C. The maximum Gasteiger partial charge on any atom is 0.0375 e. The summed E-state index contributed by atoms with van der Waals surface area (Å²) in [5, 5.41) is 3.20. The monoisotopic (exact) mass is 163 g/mol. The molecule has 0 unspecified atom stereocenters. The van der Waals surface area contributed by atoms with Gasteiger partial charge in [0.05, 0.1) is 0 Å². The molecule has 0 aliphatic rings. The van der Waals surface area contributed by atoms with Gasteiger partial charge in [-0.2, -0.15) is 0 Å². The van der Waals surface area contributed by atoms with Crippen LogP contribution in [0.3, 0.4) is 0 Å². The van der Waals surface area contributed by atoms with Gasteiger partial charge in [-0.3, -0.25) is 0 Å². The molecule has 0 aliphatic carbocycles. The van der Waals surface area contributed by atoms with Gasteiger partial charge in [-0.1, -0.05) is 24.8 Å². The van der Waals surface area contributed by atoms with Crippen molar-refractivity contribution < 1.29 is 0 Å². The molecule has 0 aromatic carbocycles. The van der Waals surface area contributed by atoms with Crippen LogP contribution >= 0.6 is 0 Å². The van der Waals surface area contributed by atoms with Crippen molar-refractivity contribution in [2.45, 2.75) is 20.8 Å². The van der Waals surface area contributed by atoms with Crippen molar-refractivity contribution in [1.29, 1.82) is 0 Å². The molecular weight excluding hydrogens is 146 g/mol. The lowest BCUT2D eigenvalue weighted by molar-refractivity contribution is 0.999. The van der Waals surface area contributed by atoms with Gasteiger partial charge in [0.15, 0.2) is 0 Å². The second kappa shape index (κ2) is 6.47. The highest BCUT2D eigenvalue weighted by molar-refractivity contribution is 5.23. The van der Waals surface area contributed by atoms with E-state index in [-0.39, 0.29) is 0 Å². The molecule has 0 aromatic heterocycles. The molecule has 1 N–H and O–H groups in total. The first-order valence-corrected chi connectivity index (χ1v) is 4.10. The molecule has 0 radical (unpaired) electrons. The van der Waals surface area contributed by atoms with E-state index < -0.39 is 0 Å². The van der Waals surface area contributed by atoms with Crippen molar-refractivity contribution in [1.82, 2.24) is 5.32 Å². The Morgan fingerprint density at radius 3 is 2.42 bits per heavy atom. The topological polar surface area (TPSA) is 12.0 Å². The second-order valence-electron chi connectivity index (χ2n) is 2.45. The Hall–Kier alpha value is -1.24. The number of allylic oxidation sites excluding steroid dienone is 6. The van der Waals surface area contributed by atoms with Crippen LogP contribution in [0, 0.1) is 0 Å². The molecule has 0 saturated heterocycles. The van der Waals surface area contributed by atoms with Crippen LogP contribution in [0.5, 0.6) is 0 Å². The fourth-order valence-corrected chi connectivity index (χ4v) is 0.660. The highest BCUT2D eigenvalue weighted by Gasteiger charge is 1.87. The smallest absolute Gasteiger partial charge is 0.0375 e. The fourth-order valence-electron chi connectivity index (χ4n) is 0.660. The van der Waals surface area contributed by atoms with E-state index in [0.29, 0.717) is 0 Å². The third-order valence-electron chi connectivity index (χ3n) is 1.46. The van der Waals surface area contributed by atoms with Crippen molar-refractivity contribution in [2.24, 2.45) is 0 Å². The van der Waals surface area contributed by atoms with E-state index in [0.717, 1.165) is 11.4 Å². The van der Waals surface area contributed by atoms with E-state index in [4.69, 9.17) is 0 Å². The van der Waals surface area contributed by atoms with Gasteiger partial charge in [0, 0.05) is 11.4 Å². The lowest BCUT2D eigenvalue weighted by atomic mass is 10.3. The van der Waals surface area contributed by atoms with E-state index >= 15 is 0 Å². The maximum absolute atomic E-state index is 3.71.